The van der Waals surface area contributed by atoms with Crippen LogP contribution in [0.2, 0.25) is 0 Å². The molecule has 0 spiro atoms. The fourth-order valence-corrected chi connectivity index (χ4v) is 4.83. The second kappa shape index (κ2) is 7.07. The summed E-state index contributed by atoms with van der Waals surface area (Å²) in [4.78, 5) is 8.83. The molecule has 21 heavy (non-hydrogen) atoms. The first-order chi connectivity index (χ1) is 10.3. The summed E-state index contributed by atoms with van der Waals surface area (Å²) in [5.74, 6) is 0.922. The Balaban J connectivity index is 1.63. The number of thiazole rings is 1. The fraction of sp³-hybridized carbons (Fsp3) is 0.812. The summed E-state index contributed by atoms with van der Waals surface area (Å²) in [6.07, 6.45) is 6.99. The molecule has 3 rings (SSSR count). The molecule has 1 aliphatic heterocycles. The minimum Gasteiger partial charge on any atom is -0.383 e. The van der Waals surface area contributed by atoms with Crippen LogP contribution >= 0.6 is 11.3 Å². The molecule has 1 saturated carbocycles. The van der Waals surface area contributed by atoms with Gasteiger partial charge in [-0.2, -0.15) is 0 Å². The highest BCUT2D eigenvalue weighted by Gasteiger charge is 2.37. The maximum atomic E-state index is 5.07. The van der Waals surface area contributed by atoms with E-state index in [0.29, 0.717) is 0 Å². The van der Waals surface area contributed by atoms with Gasteiger partial charge in [0.2, 0.25) is 0 Å². The Bertz CT molecular complexity index is 462. The smallest absolute Gasteiger partial charge is 0.186 e. The molecule has 2 aliphatic rings. The average Bonchev–Trinajstić information content (AvgIpc) is 3.07. The molecule has 1 N–H and O–H groups in total. The largest absolute Gasteiger partial charge is 0.383 e. The van der Waals surface area contributed by atoms with Crippen molar-refractivity contribution in [3.8, 4) is 0 Å². The van der Waals surface area contributed by atoms with Crippen molar-refractivity contribution in [2.45, 2.75) is 51.6 Å². The van der Waals surface area contributed by atoms with Gasteiger partial charge in [-0.15, -0.1) is 11.3 Å². The summed E-state index contributed by atoms with van der Waals surface area (Å²) in [5.41, 5.74) is 1.19. The molecule has 0 radical (unpaired) electrons. The molecule has 2 fully saturated rings. The van der Waals surface area contributed by atoms with E-state index in [9.17, 15) is 0 Å². The Morgan fingerprint density at radius 3 is 3.05 bits per heavy atom. The number of aromatic nitrogens is 1. The van der Waals surface area contributed by atoms with E-state index in [1.165, 1.54) is 54.4 Å². The van der Waals surface area contributed by atoms with Gasteiger partial charge in [0, 0.05) is 37.7 Å². The van der Waals surface area contributed by atoms with Crippen molar-refractivity contribution in [3.63, 3.8) is 0 Å². The van der Waals surface area contributed by atoms with Gasteiger partial charge < -0.3 is 15.0 Å². The van der Waals surface area contributed by atoms with E-state index in [-0.39, 0.29) is 0 Å². The predicted octanol–water partition coefficient (Wildman–Crippen LogP) is 2.96. The van der Waals surface area contributed by atoms with Crippen LogP contribution < -0.4 is 10.2 Å². The Morgan fingerprint density at radius 2 is 2.19 bits per heavy atom. The molecule has 1 aromatic heterocycles. The Labute approximate surface area is 131 Å². The predicted molar refractivity (Wildman–Crippen MR) is 88.1 cm³/mol. The topological polar surface area (TPSA) is 37.4 Å². The van der Waals surface area contributed by atoms with Crippen molar-refractivity contribution in [3.05, 3.63) is 10.6 Å². The third-order valence-corrected chi connectivity index (χ3v) is 6.10. The van der Waals surface area contributed by atoms with Gasteiger partial charge in [-0.25, -0.2) is 4.98 Å². The van der Waals surface area contributed by atoms with E-state index >= 15 is 0 Å². The minimum atomic E-state index is 0.763. The van der Waals surface area contributed by atoms with Crippen molar-refractivity contribution in [2.75, 3.05) is 31.7 Å². The van der Waals surface area contributed by atoms with Gasteiger partial charge in [0.05, 0.1) is 12.3 Å². The van der Waals surface area contributed by atoms with Crippen molar-refractivity contribution < 1.29 is 4.74 Å². The lowest BCUT2D eigenvalue weighted by molar-refractivity contribution is 0.199. The molecule has 0 aromatic carbocycles. The van der Waals surface area contributed by atoms with Crippen LogP contribution in [0.1, 0.15) is 42.7 Å². The SMILES string of the molecule is COCCNCc1sc(N2CCC3CCCCC32)nc1C. The molecule has 2 heterocycles. The molecule has 1 aromatic rings. The molecular formula is C16H27N3OS. The van der Waals surface area contributed by atoms with Gasteiger partial charge in [0.15, 0.2) is 5.13 Å². The average molecular weight is 309 g/mol. The zero-order chi connectivity index (χ0) is 14.7. The van der Waals surface area contributed by atoms with Gasteiger partial charge in [-0.1, -0.05) is 12.8 Å². The van der Waals surface area contributed by atoms with Crippen molar-refractivity contribution in [1.82, 2.24) is 10.3 Å². The molecule has 5 heteroatoms. The summed E-state index contributed by atoms with van der Waals surface area (Å²) in [6.45, 7) is 5.92. The highest BCUT2D eigenvalue weighted by molar-refractivity contribution is 7.15. The Kier molecular flexibility index (Phi) is 5.14. The van der Waals surface area contributed by atoms with Crippen LogP contribution in [0.4, 0.5) is 5.13 Å². The summed E-state index contributed by atoms with van der Waals surface area (Å²) >= 11 is 1.88. The number of methoxy groups -OCH3 is 1. The first kappa shape index (κ1) is 15.3. The second-order valence-corrected chi connectivity index (χ2v) is 7.33. The maximum Gasteiger partial charge on any atom is 0.186 e. The molecule has 4 nitrogen and oxygen atoms in total. The normalized spacial score (nSPS) is 25.3. The van der Waals surface area contributed by atoms with Crippen molar-refractivity contribution >= 4 is 16.5 Å². The Hall–Kier alpha value is -0.650. The molecular weight excluding hydrogens is 282 g/mol. The van der Waals surface area contributed by atoms with Gasteiger partial charge in [0.25, 0.3) is 0 Å². The summed E-state index contributed by atoms with van der Waals surface area (Å²) in [6, 6.07) is 0.763. The molecule has 118 valence electrons. The van der Waals surface area contributed by atoms with E-state index in [4.69, 9.17) is 9.72 Å². The van der Waals surface area contributed by atoms with E-state index < -0.39 is 0 Å². The number of fused-ring (bicyclic) bond motifs is 1. The molecule has 2 unspecified atom stereocenters. The Morgan fingerprint density at radius 1 is 1.33 bits per heavy atom. The highest BCUT2D eigenvalue weighted by Crippen LogP contribution is 2.40. The van der Waals surface area contributed by atoms with Crippen LogP contribution in [0, 0.1) is 12.8 Å². The summed E-state index contributed by atoms with van der Waals surface area (Å²) in [7, 11) is 1.74. The van der Waals surface area contributed by atoms with E-state index in [1.807, 2.05) is 11.3 Å². The van der Waals surface area contributed by atoms with Crippen LogP contribution in [-0.4, -0.2) is 37.8 Å². The first-order valence-corrected chi connectivity index (χ1v) is 9.04. The lowest BCUT2D eigenvalue weighted by Crippen LogP contribution is -2.34. The number of nitrogens with one attached hydrogen (secondary N) is 1. The van der Waals surface area contributed by atoms with Gasteiger partial charge in [0.1, 0.15) is 0 Å². The number of ether oxygens (including phenoxy) is 1. The number of anilines is 1. The second-order valence-electron chi connectivity index (χ2n) is 6.27. The molecule has 1 saturated heterocycles. The lowest BCUT2D eigenvalue weighted by atomic mass is 9.85. The maximum absolute atomic E-state index is 5.07. The van der Waals surface area contributed by atoms with Crippen LogP contribution in [-0.2, 0) is 11.3 Å². The van der Waals surface area contributed by atoms with E-state index in [2.05, 4.69) is 17.1 Å². The quantitative estimate of drug-likeness (QED) is 0.820. The van der Waals surface area contributed by atoms with E-state index in [0.717, 1.165) is 31.7 Å². The molecule has 2 atom stereocenters. The summed E-state index contributed by atoms with van der Waals surface area (Å²) in [5, 5.41) is 4.69. The lowest BCUT2D eigenvalue weighted by Gasteiger charge is -2.31. The number of aryl methyl sites for hydroxylation is 1. The molecule has 1 aliphatic carbocycles. The highest BCUT2D eigenvalue weighted by atomic mass is 32.1. The third kappa shape index (κ3) is 3.41. The number of nitrogens with zero attached hydrogens (tertiary/aromatic N) is 2. The van der Waals surface area contributed by atoms with Crippen LogP contribution in [0.15, 0.2) is 0 Å². The monoisotopic (exact) mass is 309 g/mol. The minimum absolute atomic E-state index is 0.763. The molecule has 0 amide bonds. The number of hydrogen-bond acceptors (Lipinski definition) is 5. The van der Waals surface area contributed by atoms with Gasteiger partial charge in [-0.05, 0) is 32.1 Å². The first-order valence-electron chi connectivity index (χ1n) is 8.22. The van der Waals surface area contributed by atoms with E-state index in [1.54, 1.807) is 7.11 Å². The van der Waals surface area contributed by atoms with Gasteiger partial charge in [-0.3, -0.25) is 0 Å². The summed E-state index contributed by atoms with van der Waals surface area (Å²) < 4.78 is 5.07. The van der Waals surface area contributed by atoms with Gasteiger partial charge >= 0.3 is 0 Å². The zero-order valence-corrected chi connectivity index (χ0v) is 14.0. The standard InChI is InChI=1S/C16H27N3OS/c1-12-15(11-17-8-10-20-2)21-16(18-12)19-9-7-13-5-3-4-6-14(13)19/h13-14,17H,3-11H2,1-2H3. The van der Waals surface area contributed by atoms with Crippen LogP contribution in [0.25, 0.3) is 0 Å². The zero-order valence-electron chi connectivity index (χ0n) is 13.2. The number of hydrogen-bond donors (Lipinski definition) is 1. The van der Waals surface area contributed by atoms with Crippen LogP contribution in [0.3, 0.4) is 0 Å². The fourth-order valence-electron chi connectivity index (χ4n) is 3.72. The van der Waals surface area contributed by atoms with Crippen molar-refractivity contribution in [1.29, 1.82) is 0 Å². The number of rotatable bonds is 6. The van der Waals surface area contributed by atoms with Crippen LogP contribution in [0.5, 0.6) is 0 Å². The molecule has 0 bridgehead atoms. The van der Waals surface area contributed by atoms with Crippen molar-refractivity contribution in [2.24, 2.45) is 5.92 Å². The third-order valence-electron chi connectivity index (χ3n) is 4.91.